The molecule has 1 N–H and O–H groups in total. The molecule has 0 saturated carbocycles. The van der Waals surface area contributed by atoms with Crippen LogP contribution in [-0.4, -0.2) is 15.6 Å². The van der Waals surface area contributed by atoms with Crippen molar-refractivity contribution >= 4 is 16.7 Å². The summed E-state index contributed by atoms with van der Waals surface area (Å²) in [6.45, 7) is 9.09. The number of carbonyl (C=O) groups is 1. The first-order chi connectivity index (χ1) is 11.7. The van der Waals surface area contributed by atoms with Crippen molar-refractivity contribution in [1.82, 2.24) is 9.78 Å². The number of aryl methyl sites for hydroxylation is 4. The van der Waals surface area contributed by atoms with Gasteiger partial charge in [0.1, 0.15) is 5.56 Å². The summed E-state index contributed by atoms with van der Waals surface area (Å²) in [6, 6.07) is 3.46. The van der Waals surface area contributed by atoms with Gasteiger partial charge in [0.05, 0.1) is 5.39 Å². The molecular weight excluding hydrogens is 318 g/mol. The van der Waals surface area contributed by atoms with Crippen molar-refractivity contribution in [3.05, 3.63) is 66.9 Å². The lowest BCUT2D eigenvalue weighted by Crippen LogP contribution is -2.34. The van der Waals surface area contributed by atoms with Crippen LogP contribution in [0.15, 0.2) is 16.9 Å². The Bertz CT molecular complexity index is 1100. The Hall–Kier alpha value is -2.89. The number of rotatable bonds is 2. The molecule has 0 bridgehead atoms. The van der Waals surface area contributed by atoms with Crippen LogP contribution in [0, 0.1) is 39.8 Å². The average molecular weight is 339 g/mol. The largest absolute Gasteiger partial charge is 0.618 e. The van der Waals surface area contributed by atoms with Crippen LogP contribution in [-0.2, 0) is 7.05 Å². The highest BCUT2D eigenvalue weighted by molar-refractivity contribution is 6.17. The molecule has 0 atom stereocenters. The molecule has 0 amide bonds. The summed E-state index contributed by atoms with van der Waals surface area (Å²) >= 11 is 0. The molecule has 1 aromatic carbocycles. The highest BCUT2D eigenvalue weighted by atomic mass is 16.5. The number of H-pyrrole nitrogens is 1. The molecule has 3 aromatic rings. The molecule has 6 heteroatoms. The lowest BCUT2D eigenvalue weighted by molar-refractivity contribution is -0.584. The van der Waals surface area contributed by atoms with Crippen LogP contribution in [0.5, 0.6) is 0 Å². The summed E-state index contributed by atoms with van der Waals surface area (Å²) in [4.78, 5) is 25.5. The van der Waals surface area contributed by atoms with Crippen LogP contribution in [0.2, 0.25) is 0 Å². The van der Waals surface area contributed by atoms with E-state index in [9.17, 15) is 14.8 Å². The van der Waals surface area contributed by atoms with Crippen LogP contribution in [0.3, 0.4) is 0 Å². The summed E-state index contributed by atoms with van der Waals surface area (Å²) in [5.74, 6) is -0.365. The molecule has 2 heterocycles. The SMILES string of the molecule is Cc1[nH]n(C)c(=O)c1C(=O)c1ccc(C)c2c1c(C)c(C)c(C)[n+]2[O-]. The lowest BCUT2D eigenvalue weighted by atomic mass is 9.92. The topological polar surface area (TPSA) is 81.8 Å². The summed E-state index contributed by atoms with van der Waals surface area (Å²) in [7, 11) is 1.57. The van der Waals surface area contributed by atoms with Gasteiger partial charge in [0, 0.05) is 36.4 Å². The maximum atomic E-state index is 13.1. The molecule has 3 rings (SSSR count). The number of aromatic amines is 1. The molecule has 0 saturated heterocycles. The van der Waals surface area contributed by atoms with Crippen molar-refractivity contribution in [3.63, 3.8) is 0 Å². The summed E-state index contributed by atoms with van der Waals surface area (Å²) in [5, 5.41) is 16.2. The fourth-order valence-corrected chi connectivity index (χ4v) is 3.39. The van der Waals surface area contributed by atoms with E-state index in [-0.39, 0.29) is 16.9 Å². The number of pyridine rings is 1. The molecule has 0 aliphatic heterocycles. The second kappa shape index (κ2) is 5.58. The Kier molecular flexibility index (Phi) is 3.78. The lowest BCUT2D eigenvalue weighted by Gasteiger charge is -2.15. The Morgan fingerprint density at radius 3 is 2.32 bits per heavy atom. The average Bonchev–Trinajstić information content (AvgIpc) is 2.82. The van der Waals surface area contributed by atoms with Crippen LogP contribution in [0.1, 0.15) is 44.0 Å². The van der Waals surface area contributed by atoms with Crippen molar-refractivity contribution < 1.29 is 9.52 Å². The van der Waals surface area contributed by atoms with Crippen LogP contribution < -0.4 is 10.3 Å². The minimum atomic E-state index is -0.368. The maximum absolute atomic E-state index is 13.1. The van der Waals surface area contributed by atoms with E-state index in [1.54, 1.807) is 33.0 Å². The van der Waals surface area contributed by atoms with Gasteiger partial charge in [0.2, 0.25) is 11.3 Å². The second-order valence-corrected chi connectivity index (χ2v) is 6.59. The third kappa shape index (κ3) is 2.28. The van der Waals surface area contributed by atoms with E-state index in [4.69, 9.17) is 0 Å². The van der Waals surface area contributed by atoms with Gasteiger partial charge in [-0.1, -0.05) is 6.07 Å². The molecule has 0 fully saturated rings. The number of nitrogens with one attached hydrogen (secondary N) is 1. The number of aromatic nitrogens is 3. The summed E-state index contributed by atoms with van der Waals surface area (Å²) in [5.41, 5.74) is 4.27. The minimum Gasteiger partial charge on any atom is -0.618 e. The second-order valence-electron chi connectivity index (χ2n) is 6.59. The van der Waals surface area contributed by atoms with E-state index in [1.165, 1.54) is 4.68 Å². The number of hydrogen-bond acceptors (Lipinski definition) is 3. The number of nitrogens with zero attached hydrogens (tertiary/aromatic N) is 2. The van der Waals surface area contributed by atoms with Crippen LogP contribution in [0.4, 0.5) is 0 Å². The highest BCUT2D eigenvalue weighted by Crippen LogP contribution is 2.28. The first kappa shape index (κ1) is 17.0. The van der Waals surface area contributed by atoms with E-state index < -0.39 is 0 Å². The number of ketones is 1. The number of hydrogen-bond donors (Lipinski definition) is 1. The van der Waals surface area contributed by atoms with Crippen molar-refractivity contribution in [1.29, 1.82) is 0 Å². The number of fused-ring (bicyclic) bond motifs is 1. The molecule has 6 nitrogen and oxygen atoms in total. The molecule has 0 aliphatic carbocycles. The Balaban J connectivity index is 2.44. The van der Waals surface area contributed by atoms with E-state index >= 15 is 0 Å². The molecule has 0 spiro atoms. The van der Waals surface area contributed by atoms with Gasteiger partial charge in [-0.2, -0.15) is 4.73 Å². The van der Waals surface area contributed by atoms with Crippen molar-refractivity contribution in [3.8, 4) is 0 Å². The zero-order valence-electron chi connectivity index (χ0n) is 15.3. The summed E-state index contributed by atoms with van der Waals surface area (Å²) in [6.07, 6.45) is 0. The van der Waals surface area contributed by atoms with Gasteiger partial charge >= 0.3 is 0 Å². The first-order valence-electron chi connectivity index (χ1n) is 8.09. The highest BCUT2D eigenvalue weighted by Gasteiger charge is 2.26. The van der Waals surface area contributed by atoms with Crippen LogP contribution >= 0.6 is 0 Å². The fourth-order valence-electron chi connectivity index (χ4n) is 3.39. The third-order valence-electron chi connectivity index (χ3n) is 5.07. The smallest absolute Gasteiger partial charge is 0.277 e. The maximum Gasteiger partial charge on any atom is 0.277 e. The Morgan fingerprint density at radius 2 is 1.76 bits per heavy atom. The molecule has 0 radical (unpaired) electrons. The van der Waals surface area contributed by atoms with Gasteiger partial charge in [0.25, 0.3) is 5.56 Å². The van der Waals surface area contributed by atoms with Gasteiger partial charge in [-0.25, -0.2) is 0 Å². The molecule has 130 valence electrons. The standard InChI is InChI=1S/C19H21N3O3/c1-9-7-8-14(18(23)16-12(4)20-21(6)19(16)24)15-11(3)10(2)13(5)22(25)17(9)15/h7-8,20H,1-6H3. The minimum absolute atomic E-state index is 0.114. The Morgan fingerprint density at radius 1 is 1.12 bits per heavy atom. The predicted molar refractivity (Wildman–Crippen MR) is 96.1 cm³/mol. The van der Waals surface area contributed by atoms with E-state index in [2.05, 4.69) is 5.10 Å². The zero-order chi connectivity index (χ0) is 18.6. The molecule has 0 aliphatic rings. The zero-order valence-corrected chi connectivity index (χ0v) is 15.3. The van der Waals surface area contributed by atoms with E-state index in [0.29, 0.717) is 27.9 Å². The molecule has 0 unspecified atom stereocenters. The van der Waals surface area contributed by atoms with Gasteiger partial charge in [-0.15, -0.1) is 0 Å². The molecule has 25 heavy (non-hydrogen) atoms. The van der Waals surface area contributed by atoms with E-state index in [1.807, 2.05) is 20.8 Å². The fraction of sp³-hybridized carbons (Fsp3) is 0.316. The van der Waals surface area contributed by atoms with Gasteiger partial charge < -0.3 is 5.21 Å². The Labute approximate surface area is 145 Å². The molecular formula is C19H21N3O3. The monoisotopic (exact) mass is 339 g/mol. The third-order valence-corrected chi connectivity index (χ3v) is 5.07. The first-order valence-corrected chi connectivity index (χ1v) is 8.09. The predicted octanol–water partition coefficient (Wildman–Crippen LogP) is 2.27. The van der Waals surface area contributed by atoms with Crippen LogP contribution in [0.25, 0.3) is 10.9 Å². The van der Waals surface area contributed by atoms with Crippen molar-refractivity contribution in [2.45, 2.75) is 34.6 Å². The molecule has 2 aromatic heterocycles. The number of carbonyl (C=O) groups excluding carboxylic acids is 1. The van der Waals surface area contributed by atoms with Gasteiger partial charge in [-0.05, 0) is 39.3 Å². The number of benzene rings is 1. The van der Waals surface area contributed by atoms with Crippen molar-refractivity contribution in [2.75, 3.05) is 0 Å². The van der Waals surface area contributed by atoms with E-state index in [0.717, 1.165) is 21.4 Å². The van der Waals surface area contributed by atoms with Crippen molar-refractivity contribution in [2.24, 2.45) is 7.05 Å². The quantitative estimate of drug-likeness (QED) is 0.442. The normalized spacial score (nSPS) is 11.3. The summed E-state index contributed by atoms with van der Waals surface area (Å²) < 4.78 is 2.17. The van der Waals surface area contributed by atoms with Gasteiger partial charge in [0.15, 0.2) is 5.69 Å². The van der Waals surface area contributed by atoms with Gasteiger partial charge in [-0.3, -0.25) is 19.4 Å².